The van der Waals surface area contributed by atoms with Gasteiger partial charge in [-0.2, -0.15) is 4.68 Å². The van der Waals surface area contributed by atoms with E-state index in [1.165, 1.54) is 29.7 Å². The number of aromatic amines is 1. The molecule has 6 heteroatoms. The number of hydrogen-bond donors (Lipinski definition) is 1. The van der Waals surface area contributed by atoms with E-state index in [1.807, 2.05) is 0 Å². The molecule has 2 aromatic heterocycles. The fourth-order valence-electron chi connectivity index (χ4n) is 3.56. The number of hydrogen-bond acceptors (Lipinski definition) is 4. The average Bonchev–Trinajstić information content (AvgIpc) is 2.86. The minimum absolute atomic E-state index is 0.0926. The SMILES string of the molecule is O=c1c2c3c(sc2[nH]c(=S)n1N1CCCCC1)CCCC3. The van der Waals surface area contributed by atoms with Gasteiger partial charge in [0.2, 0.25) is 0 Å². The van der Waals surface area contributed by atoms with Crippen LogP contribution in [0.15, 0.2) is 4.79 Å². The van der Waals surface area contributed by atoms with Crippen molar-refractivity contribution in [1.82, 2.24) is 9.66 Å². The molecule has 3 heterocycles. The van der Waals surface area contributed by atoms with Gasteiger partial charge >= 0.3 is 0 Å². The maximum absolute atomic E-state index is 13.0. The summed E-state index contributed by atoms with van der Waals surface area (Å²) in [4.78, 5) is 18.7. The van der Waals surface area contributed by atoms with Crippen molar-refractivity contribution in [3.05, 3.63) is 25.6 Å². The third-order valence-corrected chi connectivity index (χ3v) is 6.09. The Balaban J connectivity index is 1.95. The molecule has 2 aliphatic rings. The average molecular weight is 321 g/mol. The van der Waals surface area contributed by atoms with Gasteiger partial charge in [0.1, 0.15) is 4.83 Å². The second-order valence-corrected chi connectivity index (χ2v) is 7.47. The first-order chi connectivity index (χ1) is 10.3. The first kappa shape index (κ1) is 13.5. The zero-order valence-corrected chi connectivity index (χ0v) is 13.6. The van der Waals surface area contributed by atoms with E-state index < -0.39 is 0 Å². The molecule has 1 fully saturated rings. The lowest BCUT2D eigenvalue weighted by molar-refractivity contribution is 0.464. The fourth-order valence-corrected chi connectivity index (χ4v) is 5.21. The molecule has 2 aromatic rings. The Labute approximate surface area is 132 Å². The number of nitrogens with one attached hydrogen (secondary N) is 1. The molecule has 1 aliphatic carbocycles. The van der Waals surface area contributed by atoms with E-state index in [2.05, 4.69) is 9.99 Å². The molecule has 0 spiro atoms. The summed E-state index contributed by atoms with van der Waals surface area (Å²) in [5, 5.41) is 3.02. The van der Waals surface area contributed by atoms with Crippen LogP contribution in [0, 0.1) is 4.77 Å². The quantitative estimate of drug-likeness (QED) is 0.821. The van der Waals surface area contributed by atoms with Gasteiger partial charge in [-0.25, -0.2) is 0 Å². The zero-order valence-electron chi connectivity index (χ0n) is 12.0. The van der Waals surface area contributed by atoms with Crippen LogP contribution in [0.5, 0.6) is 0 Å². The van der Waals surface area contributed by atoms with Crippen molar-refractivity contribution in [2.24, 2.45) is 0 Å². The Bertz CT molecular complexity index is 796. The van der Waals surface area contributed by atoms with Gasteiger partial charge < -0.3 is 9.99 Å². The summed E-state index contributed by atoms with van der Waals surface area (Å²) in [7, 11) is 0. The number of aryl methyl sites for hydroxylation is 2. The van der Waals surface area contributed by atoms with Crippen LogP contribution in [0.2, 0.25) is 0 Å². The highest BCUT2D eigenvalue weighted by atomic mass is 32.1. The summed E-state index contributed by atoms with van der Waals surface area (Å²) >= 11 is 7.19. The van der Waals surface area contributed by atoms with E-state index in [1.54, 1.807) is 16.0 Å². The summed E-state index contributed by atoms with van der Waals surface area (Å²) in [6, 6.07) is 0. The van der Waals surface area contributed by atoms with Crippen molar-refractivity contribution < 1.29 is 0 Å². The third kappa shape index (κ3) is 2.16. The van der Waals surface area contributed by atoms with E-state index in [9.17, 15) is 4.79 Å². The monoisotopic (exact) mass is 321 g/mol. The van der Waals surface area contributed by atoms with Gasteiger partial charge in [0.15, 0.2) is 4.77 Å². The lowest BCUT2D eigenvalue weighted by Gasteiger charge is -2.29. The Morgan fingerprint density at radius 1 is 1.05 bits per heavy atom. The second-order valence-electron chi connectivity index (χ2n) is 5.98. The van der Waals surface area contributed by atoms with Gasteiger partial charge in [-0.05, 0) is 62.7 Å². The van der Waals surface area contributed by atoms with Crippen molar-refractivity contribution in [3.8, 4) is 0 Å². The van der Waals surface area contributed by atoms with Gasteiger partial charge in [0.05, 0.1) is 5.39 Å². The van der Waals surface area contributed by atoms with E-state index in [0.29, 0.717) is 4.77 Å². The van der Waals surface area contributed by atoms with Crippen molar-refractivity contribution in [1.29, 1.82) is 0 Å². The molecule has 112 valence electrons. The molecule has 0 unspecified atom stereocenters. The van der Waals surface area contributed by atoms with Crippen LogP contribution in [0.1, 0.15) is 42.5 Å². The molecule has 1 aliphatic heterocycles. The number of fused-ring (bicyclic) bond motifs is 3. The van der Waals surface area contributed by atoms with Crippen molar-refractivity contribution in [2.45, 2.75) is 44.9 Å². The minimum atomic E-state index is 0.0926. The maximum Gasteiger partial charge on any atom is 0.282 e. The second kappa shape index (κ2) is 5.25. The number of rotatable bonds is 1. The molecule has 1 saturated heterocycles. The summed E-state index contributed by atoms with van der Waals surface area (Å²) in [6.07, 6.45) is 8.10. The molecule has 0 radical (unpaired) electrons. The third-order valence-electron chi connectivity index (χ3n) is 4.61. The zero-order chi connectivity index (χ0) is 14.4. The number of aromatic nitrogens is 2. The summed E-state index contributed by atoms with van der Waals surface area (Å²) < 4.78 is 2.27. The molecule has 0 bridgehead atoms. The van der Waals surface area contributed by atoms with Crippen molar-refractivity contribution >= 4 is 33.8 Å². The lowest BCUT2D eigenvalue weighted by atomic mass is 9.97. The smallest absolute Gasteiger partial charge is 0.282 e. The predicted octanol–water partition coefficient (Wildman–Crippen LogP) is 3.12. The van der Waals surface area contributed by atoms with Crippen LogP contribution in [0.3, 0.4) is 0 Å². The lowest BCUT2D eigenvalue weighted by Crippen LogP contribution is -2.46. The standard InChI is InChI=1S/C15H19N3OS2/c19-14-12-10-6-2-3-7-11(10)21-13(12)16-15(20)18(14)17-8-4-1-5-9-17/h1-9H2,(H,16,20). The van der Waals surface area contributed by atoms with Gasteiger partial charge in [0.25, 0.3) is 5.56 Å². The predicted molar refractivity (Wildman–Crippen MR) is 89.7 cm³/mol. The molecule has 4 rings (SSSR count). The normalized spacial score (nSPS) is 19.0. The van der Waals surface area contributed by atoms with E-state index >= 15 is 0 Å². The Morgan fingerprint density at radius 3 is 2.62 bits per heavy atom. The fraction of sp³-hybridized carbons (Fsp3) is 0.600. The van der Waals surface area contributed by atoms with Crippen molar-refractivity contribution in [2.75, 3.05) is 18.1 Å². The Hall–Kier alpha value is -1.14. The first-order valence-corrected chi connectivity index (χ1v) is 9.03. The summed E-state index contributed by atoms with van der Waals surface area (Å²) in [6.45, 7) is 1.85. The number of thiophene rings is 1. The van der Waals surface area contributed by atoms with E-state index in [4.69, 9.17) is 12.2 Å². The molecule has 0 amide bonds. The molecule has 1 N–H and O–H groups in total. The molecule has 0 saturated carbocycles. The number of H-pyrrole nitrogens is 1. The Morgan fingerprint density at radius 2 is 1.81 bits per heavy atom. The molecule has 21 heavy (non-hydrogen) atoms. The van der Waals surface area contributed by atoms with Crippen LogP contribution in [-0.4, -0.2) is 22.7 Å². The highest BCUT2D eigenvalue weighted by Crippen LogP contribution is 2.33. The van der Waals surface area contributed by atoms with Crippen LogP contribution >= 0.6 is 23.6 Å². The molecular formula is C15H19N3OS2. The maximum atomic E-state index is 13.0. The molecule has 4 nitrogen and oxygen atoms in total. The number of nitrogens with zero attached hydrogens (tertiary/aromatic N) is 2. The Kier molecular flexibility index (Phi) is 3.38. The van der Waals surface area contributed by atoms with Crippen molar-refractivity contribution in [3.63, 3.8) is 0 Å². The first-order valence-electron chi connectivity index (χ1n) is 7.80. The van der Waals surface area contributed by atoms with Crippen LogP contribution in [-0.2, 0) is 12.8 Å². The molecule has 0 aromatic carbocycles. The highest BCUT2D eigenvalue weighted by molar-refractivity contribution is 7.71. The highest BCUT2D eigenvalue weighted by Gasteiger charge is 2.22. The van der Waals surface area contributed by atoms with E-state index in [0.717, 1.165) is 49.0 Å². The van der Waals surface area contributed by atoms with Gasteiger partial charge in [-0.15, -0.1) is 11.3 Å². The van der Waals surface area contributed by atoms with E-state index in [-0.39, 0.29) is 5.56 Å². The summed E-state index contributed by atoms with van der Waals surface area (Å²) in [5.74, 6) is 0. The largest absolute Gasteiger partial charge is 0.322 e. The van der Waals surface area contributed by atoms with Crippen LogP contribution in [0.4, 0.5) is 0 Å². The topological polar surface area (TPSA) is 41.0 Å². The van der Waals surface area contributed by atoms with Gasteiger partial charge in [-0.1, -0.05) is 0 Å². The minimum Gasteiger partial charge on any atom is -0.322 e. The van der Waals surface area contributed by atoms with Gasteiger partial charge in [0, 0.05) is 18.0 Å². The van der Waals surface area contributed by atoms with Crippen LogP contribution in [0.25, 0.3) is 10.2 Å². The molecule has 0 atom stereocenters. The number of piperidine rings is 1. The van der Waals surface area contributed by atoms with Crippen LogP contribution < -0.4 is 10.6 Å². The van der Waals surface area contributed by atoms with Gasteiger partial charge in [-0.3, -0.25) is 4.79 Å². The summed E-state index contributed by atoms with van der Waals surface area (Å²) in [5.41, 5.74) is 1.37. The molecular weight excluding hydrogens is 302 g/mol.